The lowest BCUT2D eigenvalue weighted by Gasteiger charge is -2.12. The van der Waals surface area contributed by atoms with Gasteiger partial charge in [-0.2, -0.15) is 0 Å². The van der Waals surface area contributed by atoms with Gasteiger partial charge in [0.15, 0.2) is 11.0 Å². The van der Waals surface area contributed by atoms with E-state index in [2.05, 4.69) is 20.8 Å². The van der Waals surface area contributed by atoms with Gasteiger partial charge in [-0.3, -0.25) is 9.59 Å². The molecule has 8 heteroatoms. The van der Waals surface area contributed by atoms with E-state index >= 15 is 0 Å². The zero-order chi connectivity index (χ0) is 19.1. The second kappa shape index (κ2) is 9.55. The number of hydrogen-bond donors (Lipinski definition) is 2. The van der Waals surface area contributed by atoms with Gasteiger partial charge < -0.3 is 15.2 Å². The van der Waals surface area contributed by atoms with Crippen LogP contribution in [0.3, 0.4) is 0 Å². The fourth-order valence-electron chi connectivity index (χ4n) is 3.19. The number of benzene rings is 1. The summed E-state index contributed by atoms with van der Waals surface area (Å²) in [4.78, 5) is 24.3. The van der Waals surface area contributed by atoms with Crippen LogP contribution >= 0.6 is 11.8 Å². The van der Waals surface area contributed by atoms with Crippen molar-refractivity contribution in [2.75, 3.05) is 5.75 Å². The molecule has 0 radical (unpaired) electrons. The molecular formula is C19H25N5O2S. The Morgan fingerprint density at radius 2 is 1.93 bits per heavy atom. The number of carbonyl (C=O) groups excluding carboxylic acids is 2. The average molecular weight is 388 g/mol. The van der Waals surface area contributed by atoms with Gasteiger partial charge in [0.2, 0.25) is 5.91 Å². The van der Waals surface area contributed by atoms with Crippen LogP contribution in [0.5, 0.6) is 0 Å². The van der Waals surface area contributed by atoms with Crippen molar-refractivity contribution in [3.63, 3.8) is 0 Å². The number of nitrogens with zero attached hydrogens (tertiary/aromatic N) is 3. The molecule has 2 amide bonds. The van der Waals surface area contributed by atoms with Gasteiger partial charge in [0.25, 0.3) is 5.91 Å². The Morgan fingerprint density at radius 3 is 2.63 bits per heavy atom. The molecule has 27 heavy (non-hydrogen) atoms. The average Bonchev–Trinajstić information content (AvgIpc) is 3.34. The van der Waals surface area contributed by atoms with E-state index in [9.17, 15) is 9.59 Å². The van der Waals surface area contributed by atoms with E-state index in [4.69, 9.17) is 0 Å². The molecule has 1 saturated carbocycles. The van der Waals surface area contributed by atoms with Gasteiger partial charge in [-0.1, -0.05) is 42.8 Å². The zero-order valence-electron chi connectivity index (χ0n) is 15.5. The summed E-state index contributed by atoms with van der Waals surface area (Å²) in [6.45, 7) is 2.97. The van der Waals surface area contributed by atoms with Crippen LogP contribution in [0.4, 0.5) is 0 Å². The summed E-state index contributed by atoms with van der Waals surface area (Å²) in [5, 5.41) is 15.0. The normalized spacial score (nSPS) is 14.3. The molecule has 2 aromatic rings. The lowest BCUT2D eigenvalue weighted by atomic mass is 10.2. The van der Waals surface area contributed by atoms with Crippen molar-refractivity contribution in [2.24, 2.45) is 0 Å². The molecule has 0 saturated heterocycles. The van der Waals surface area contributed by atoms with Gasteiger partial charge >= 0.3 is 0 Å². The highest BCUT2D eigenvalue weighted by atomic mass is 32.2. The third kappa shape index (κ3) is 5.32. The maximum atomic E-state index is 12.2. The summed E-state index contributed by atoms with van der Waals surface area (Å²) >= 11 is 1.38. The summed E-state index contributed by atoms with van der Waals surface area (Å²) < 4.78 is 1.93. The molecule has 0 spiro atoms. The first-order valence-electron chi connectivity index (χ1n) is 9.35. The number of thioether (sulfide) groups is 1. The molecule has 1 aliphatic carbocycles. The fourth-order valence-corrected chi connectivity index (χ4v) is 4.03. The molecule has 0 unspecified atom stereocenters. The van der Waals surface area contributed by atoms with Crippen LogP contribution in [-0.2, 0) is 17.9 Å². The monoisotopic (exact) mass is 387 g/mol. The van der Waals surface area contributed by atoms with Crippen molar-refractivity contribution in [2.45, 2.75) is 56.9 Å². The molecule has 1 aliphatic rings. The van der Waals surface area contributed by atoms with Crippen molar-refractivity contribution < 1.29 is 9.59 Å². The van der Waals surface area contributed by atoms with Gasteiger partial charge in [-0.25, -0.2) is 0 Å². The molecule has 0 aliphatic heterocycles. The highest BCUT2D eigenvalue weighted by Crippen LogP contribution is 2.19. The Balaban J connectivity index is 1.52. The van der Waals surface area contributed by atoms with E-state index in [1.54, 1.807) is 12.1 Å². The van der Waals surface area contributed by atoms with Crippen molar-refractivity contribution in [1.29, 1.82) is 0 Å². The Hall–Kier alpha value is -2.35. The summed E-state index contributed by atoms with van der Waals surface area (Å²) in [5.74, 6) is 0.897. The molecule has 3 rings (SSSR count). The Morgan fingerprint density at radius 1 is 1.19 bits per heavy atom. The maximum absolute atomic E-state index is 12.2. The standard InChI is InChI=1S/C19H25N5O2S/c1-2-24-16(12-20-18(26)14-8-4-3-5-9-14)22-23-19(24)27-13-17(25)21-15-10-6-7-11-15/h3-5,8-9,15H,2,6-7,10-13H2,1H3,(H,20,26)(H,21,25). The summed E-state index contributed by atoms with van der Waals surface area (Å²) in [6.07, 6.45) is 4.54. The lowest BCUT2D eigenvalue weighted by molar-refractivity contribution is -0.119. The molecule has 0 bridgehead atoms. The Bertz CT molecular complexity index is 772. The van der Waals surface area contributed by atoms with Crippen LogP contribution in [0.25, 0.3) is 0 Å². The Kier molecular flexibility index (Phi) is 6.86. The van der Waals surface area contributed by atoms with Crippen LogP contribution in [0.1, 0.15) is 48.8 Å². The van der Waals surface area contributed by atoms with E-state index < -0.39 is 0 Å². The predicted octanol–water partition coefficient (Wildman–Crippen LogP) is 2.38. The largest absolute Gasteiger partial charge is 0.353 e. The van der Waals surface area contributed by atoms with Crippen LogP contribution in [0.2, 0.25) is 0 Å². The molecule has 1 aromatic heterocycles. The van der Waals surface area contributed by atoms with E-state index in [1.807, 2.05) is 29.7 Å². The molecule has 0 atom stereocenters. The minimum Gasteiger partial charge on any atom is -0.353 e. The topological polar surface area (TPSA) is 88.9 Å². The number of amides is 2. The Labute approximate surface area is 163 Å². The third-order valence-electron chi connectivity index (χ3n) is 4.61. The number of carbonyl (C=O) groups is 2. The first kappa shape index (κ1) is 19.4. The molecule has 1 heterocycles. The summed E-state index contributed by atoms with van der Waals surface area (Å²) in [6, 6.07) is 9.39. The molecule has 2 N–H and O–H groups in total. The minimum atomic E-state index is -0.147. The molecule has 1 fully saturated rings. The quantitative estimate of drug-likeness (QED) is 0.679. The minimum absolute atomic E-state index is 0.0384. The second-order valence-corrected chi connectivity index (χ2v) is 7.47. The van der Waals surface area contributed by atoms with Crippen molar-refractivity contribution in [3.05, 3.63) is 41.7 Å². The highest BCUT2D eigenvalue weighted by Gasteiger charge is 2.18. The number of rotatable bonds is 8. The third-order valence-corrected chi connectivity index (χ3v) is 5.57. The van der Waals surface area contributed by atoms with Gasteiger partial charge in [0, 0.05) is 18.2 Å². The summed E-state index contributed by atoms with van der Waals surface area (Å²) in [5.41, 5.74) is 0.609. The van der Waals surface area contributed by atoms with Crippen molar-refractivity contribution in [1.82, 2.24) is 25.4 Å². The van der Waals surface area contributed by atoms with Gasteiger partial charge in [-0.15, -0.1) is 10.2 Å². The SMILES string of the molecule is CCn1c(CNC(=O)c2ccccc2)nnc1SCC(=O)NC1CCCC1. The smallest absolute Gasteiger partial charge is 0.251 e. The molecule has 1 aromatic carbocycles. The number of nitrogens with one attached hydrogen (secondary N) is 2. The van der Waals surface area contributed by atoms with E-state index in [0.29, 0.717) is 41.4 Å². The lowest BCUT2D eigenvalue weighted by Crippen LogP contribution is -2.33. The first-order chi connectivity index (χ1) is 13.2. The number of hydrogen-bond acceptors (Lipinski definition) is 5. The molecular weight excluding hydrogens is 362 g/mol. The van der Waals surface area contributed by atoms with Crippen LogP contribution in [-0.4, -0.2) is 38.4 Å². The highest BCUT2D eigenvalue weighted by molar-refractivity contribution is 7.99. The fraction of sp³-hybridized carbons (Fsp3) is 0.474. The zero-order valence-corrected chi connectivity index (χ0v) is 16.3. The van der Waals surface area contributed by atoms with Crippen LogP contribution in [0, 0.1) is 0 Å². The first-order valence-corrected chi connectivity index (χ1v) is 10.3. The molecule has 144 valence electrons. The van der Waals surface area contributed by atoms with E-state index in [-0.39, 0.29) is 11.8 Å². The summed E-state index contributed by atoms with van der Waals surface area (Å²) in [7, 11) is 0. The number of aromatic nitrogens is 3. The van der Waals surface area contributed by atoms with E-state index in [1.165, 1.54) is 24.6 Å². The van der Waals surface area contributed by atoms with Crippen molar-refractivity contribution in [3.8, 4) is 0 Å². The predicted molar refractivity (Wildman–Crippen MR) is 104 cm³/mol. The van der Waals surface area contributed by atoms with E-state index in [0.717, 1.165) is 12.8 Å². The van der Waals surface area contributed by atoms with Crippen LogP contribution < -0.4 is 10.6 Å². The second-order valence-electron chi connectivity index (χ2n) is 6.53. The maximum Gasteiger partial charge on any atom is 0.251 e. The van der Waals surface area contributed by atoms with Gasteiger partial charge in [0.05, 0.1) is 12.3 Å². The van der Waals surface area contributed by atoms with Gasteiger partial charge in [0.1, 0.15) is 0 Å². The van der Waals surface area contributed by atoms with Gasteiger partial charge in [-0.05, 0) is 31.9 Å². The van der Waals surface area contributed by atoms with Crippen LogP contribution in [0.15, 0.2) is 35.5 Å². The van der Waals surface area contributed by atoms with Crippen molar-refractivity contribution >= 4 is 23.6 Å². The molecule has 7 nitrogen and oxygen atoms in total.